The van der Waals surface area contributed by atoms with Crippen molar-refractivity contribution in [1.82, 2.24) is 19.3 Å². The average Bonchev–Trinajstić information content (AvgIpc) is 3.35. The van der Waals surface area contributed by atoms with Crippen molar-refractivity contribution >= 4 is 34.4 Å². The highest BCUT2D eigenvalue weighted by molar-refractivity contribution is 7.99. The van der Waals surface area contributed by atoms with E-state index in [1.54, 1.807) is 18.2 Å². The van der Waals surface area contributed by atoms with Crippen molar-refractivity contribution in [3.05, 3.63) is 76.7 Å². The van der Waals surface area contributed by atoms with Crippen molar-refractivity contribution in [2.45, 2.75) is 17.6 Å². The second-order valence-corrected chi connectivity index (χ2v) is 8.02. The molecule has 0 saturated heterocycles. The SMILES string of the molecule is O=C(CC1CSc2nc3c(cnn3-c3ccc(F)cc3)c(=O)n21)Nc1ccccc1F. The second-order valence-electron chi connectivity index (χ2n) is 7.04. The van der Waals surface area contributed by atoms with Gasteiger partial charge >= 0.3 is 0 Å². The lowest BCUT2D eigenvalue weighted by Gasteiger charge is -2.13. The molecule has 0 fully saturated rings. The van der Waals surface area contributed by atoms with E-state index in [-0.39, 0.29) is 23.5 Å². The molecule has 156 valence electrons. The van der Waals surface area contributed by atoms with Crippen LogP contribution in [0.15, 0.2) is 64.7 Å². The molecule has 2 aromatic heterocycles. The highest BCUT2D eigenvalue weighted by Crippen LogP contribution is 2.33. The minimum absolute atomic E-state index is 0.00747. The van der Waals surface area contributed by atoms with Gasteiger partial charge in [-0.25, -0.2) is 18.4 Å². The molecule has 2 aromatic carbocycles. The highest BCUT2D eigenvalue weighted by atomic mass is 32.2. The third kappa shape index (κ3) is 3.48. The Kier molecular flexibility index (Phi) is 4.78. The molecule has 31 heavy (non-hydrogen) atoms. The molecule has 0 radical (unpaired) electrons. The average molecular weight is 439 g/mol. The monoisotopic (exact) mass is 439 g/mol. The fraction of sp³-hybridized carbons (Fsp3) is 0.143. The van der Waals surface area contributed by atoms with Gasteiger partial charge in [0.25, 0.3) is 5.56 Å². The zero-order valence-corrected chi connectivity index (χ0v) is 16.8. The van der Waals surface area contributed by atoms with Crippen molar-refractivity contribution < 1.29 is 13.6 Å². The Morgan fingerprint density at radius 2 is 1.94 bits per heavy atom. The summed E-state index contributed by atoms with van der Waals surface area (Å²) in [5, 5.41) is 7.56. The summed E-state index contributed by atoms with van der Waals surface area (Å²) in [4.78, 5) is 30.2. The Labute approximate surface area is 178 Å². The largest absolute Gasteiger partial charge is 0.324 e. The van der Waals surface area contributed by atoms with Gasteiger partial charge in [0, 0.05) is 12.2 Å². The first-order chi connectivity index (χ1) is 15.0. The number of fused-ring (bicyclic) bond motifs is 2. The number of halogens is 2. The van der Waals surface area contributed by atoms with E-state index in [1.807, 2.05) is 0 Å². The number of benzene rings is 2. The van der Waals surface area contributed by atoms with E-state index >= 15 is 0 Å². The molecule has 1 N–H and O–H groups in total. The minimum Gasteiger partial charge on any atom is -0.324 e. The number of nitrogens with one attached hydrogen (secondary N) is 1. The van der Waals surface area contributed by atoms with Crippen LogP contribution in [0.1, 0.15) is 12.5 Å². The second kappa shape index (κ2) is 7.62. The molecule has 1 aliphatic heterocycles. The molecular weight excluding hydrogens is 424 g/mol. The van der Waals surface area contributed by atoms with Gasteiger partial charge in [-0.05, 0) is 36.4 Å². The van der Waals surface area contributed by atoms with Crippen LogP contribution in [0.3, 0.4) is 0 Å². The highest BCUT2D eigenvalue weighted by Gasteiger charge is 2.29. The normalized spacial score (nSPS) is 15.2. The minimum atomic E-state index is -0.522. The van der Waals surface area contributed by atoms with Crippen LogP contribution >= 0.6 is 11.8 Å². The Hall–Kier alpha value is -3.53. The molecule has 1 atom stereocenters. The van der Waals surface area contributed by atoms with Gasteiger partial charge in [-0.2, -0.15) is 5.10 Å². The molecule has 3 heterocycles. The molecule has 1 amide bonds. The smallest absolute Gasteiger partial charge is 0.265 e. The number of carbonyl (C=O) groups is 1. The van der Waals surface area contributed by atoms with E-state index in [2.05, 4.69) is 15.4 Å². The third-order valence-electron chi connectivity index (χ3n) is 5.01. The number of anilines is 1. The van der Waals surface area contributed by atoms with Crippen LogP contribution in [-0.2, 0) is 4.79 Å². The van der Waals surface area contributed by atoms with Gasteiger partial charge in [0.1, 0.15) is 17.0 Å². The maximum absolute atomic E-state index is 13.8. The Morgan fingerprint density at radius 3 is 2.71 bits per heavy atom. The zero-order chi connectivity index (χ0) is 21.5. The predicted octanol–water partition coefficient (Wildman–Crippen LogP) is 3.54. The summed E-state index contributed by atoms with van der Waals surface area (Å²) in [7, 11) is 0. The molecule has 1 unspecified atom stereocenters. The Balaban J connectivity index is 1.45. The lowest BCUT2D eigenvalue weighted by Crippen LogP contribution is -2.27. The van der Waals surface area contributed by atoms with Crippen LogP contribution in [0.5, 0.6) is 0 Å². The summed E-state index contributed by atoms with van der Waals surface area (Å²) >= 11 is 1.36. The summed E-state index contributed by atoms with van der Waals surface area (Å²) < 4.78 is 30.0. The van der Waals surface area contributed by atoms with E-state index in [9.17, 15) is 18.4 Å². The van der Waals surface area contributed by atoms with Gasteiger partial charge in [-0.15, -0.1) is 0 Å². The fourth-order valence-corrected chi connectivity index (χ4v) is 4.66. The van der Waals surface area contributed by atoms with E-state index in [0.717, 1.165) is 0 Å². The first-order valence-electron chi connectivity index (χ1n) is 9.44. The van der Waals surface area contributed by atoms with E-state index < -0.39 is 17.8 Å². The summed E-state index contributed by atoms with van der Waals surface area (Å²) in [6.07, 6.45) is 1.42. The summed E-state index contributed by atoms with van der Waals surface area (Å²) in [5.74, 6) is -0.798. The van der Waals surface area contributed by atoms with Crippen molar-refractivity contribution in [1.29, 1.82) is 0 Å². The lowest BCUT2D eigenvalue weighted by molar-refractivity contribution is -0.116. The Bertz CT molecular complexity index is 1370. The number of hydrogen-bond donors (Lipinski definition) is 1. The summed E-state index contributed by atoms with van der Waals surface area (Å²) in [6.45, 7) is 0. The van der Waals surface area contributed by atoms with Crippen molar-refractivity contribution in [2.75, 3.05) is 11.1 Å². The number of hydrogen-bond acceptors (Lipinski definition) is 5. The van der Waals surface area contributed by atoms with Gasteiger partial charge in [-0.3, -0.25) is 14.2 Å². The van der Waals surface area contributed by atoms with E-state index in [1.165, 1.54) is 57.5 Å². The molecule has 0 saturated carbocycles. The summed E-state index contributed by atoms with van der Waals surface area (Å²) in [6, 6.07) is 11.2. The van der Waals surface area contributed by atoms with E-state index in [0.29, 0.717) is 27.6 Å². The maximum atomic E-state index is 13.8. The number of carbonyl (C=O) groups excluding carboxylic acids is 1. The first kappa shape index (κ1) is 19.4. The van der Waals surface area contributed by atoms with Gasteiger partial charge < -0.3 is 5.32 Å². The van der Waals surface area contributed by atoms with Gasteiger partial charge in [0.05, 0.1) is 23.6 Å². The molecule has 0 aliphatic carbocycles. The lowest BCUT2D eigenvalue weighted by atomic mass is 10.2. The van der Waals surface area contributed by atoms with Crippen LogP contribution in [0, 0.1) is 11.6 Å². The van der Waals surface area contributed by atoms with Crippen molar-refractivity contribution in [3.63, 3.8) is 0 Å². The van der Waals surface area contributed by atoms with Crippen molar-refractivity contribution in [2.24, 2.45) is 0 Å². The molecule has 5 rings (SSSR count). The van der Waals surface area contributed by atoms with Gasteiger partial charge in [-0.1, -0.05) is 23.9 Å². The van der Waals surface area contributed by atoms with Crippen LogP contribution in [-0.4, -0.2) is 31.0 Å². The van der Waals surface area contributed by atoms with Gasteiger partial charge in [0.2, 0.25) is 5.91 Å². The van der Waals surface area contributed by atoms with Crippen LogP contribution < -0.4 is 10.9 Å². The molecule has 1 aliphatic rings. The molecule has 0 spiro atoms. The zero-order valence-electron chi connectivity index (χ0n) is 16.0. The number of nitrogens with zero attached hydrogens (tertiary/aromatic N) is 4. The first-order valence-corrected chi connectivity index (χ1v) is 10.4. The molecule has 10 heteroatoms. The number of rotatable bonds is 4. The molecule has 4 aromatic rings. The summed E-state index contributed by atoms with van der Waals surface area (Å²) in [5.41, 5.74) is 0.741. The number of aromatic nitrogens is 4. The Morgan fingerprint density at radius 1 is 1.16 bits per heavy atom. The van der Waals surface area contributed by atoms with Crippen LogP contribution in [0.25, 0.3) is 16.7 Å². The molecule has 0 bridgehead atoms. The maximum Gasteiger partial charge on any atom is 0.265 e. The standard InChI is InChI=1S/C21H15F2N5O2S/c22-12-5-7-13(8-6-12)28-19-15(10-24-28)20(30)27-14(11-31-21(27)26-19)9-18(29)25-17-4-2-1-3-16(17)23/h1-8,10,14H,9,11H2,(H,25,29). The van der Waals surface area contributed by atoms with Crippen molar-refractivity contribution in [3.8, 4) is 5.69 Å². The number of amides is 1. The molecule has 7 nitrogen and oxygen atoms in total. The van der Waals surface area contributed by atoms with Crippen LogP contribution in [0.2, 0.25) is 0 Å². The quantitative estimate of drug-likeness (QED) is 0.492. The number of thioether (sulfide) groups is 1. The van der Waals surface area contributed by atoms with Gasteiger partial charge in [0.15, 0.2) is 10.8 Å². The fourth-order valence-electron chi connectivity index (χ4n) is 3.53. The molecular formula is C21H15F2N5O2S. The predicted molar refractivity (Wildman–Crippen MR) is 112 cm³/mol. The third-order valence-corrected chi connectivity index (χ3v) is 6.11. The topological polar surface area (TPSA) is 81.8 Å². The van der Waals surface area contributed by atoms with E-state index in [4.69, 9.17) is 0 Å². The van der Waals surface area contributed by atoms with Crippen LogP contribution in [0.4, 0.5) is 14.5 Å². The number of para-hydroxylation sites is 1.